The number of halogens is 1. The Labute approximate surface area is 184 Å². The number of piperazine rings is 1. The van der Waals surface area contributed by atoms with Gasteiger partial charge in [0.05, 0.1) is 19.1 Å². The summed E-state index contributed by atoms with van der Waals surface area (Å²) < 4.78 is 12.9. The van der Waals surface area contributed by atoms with Crippen LogP contribution in [0.15, 0.2) is 48.5 Å². The van der Waals surface area contributed by atoms with E-state index in [-0.39, 0.29) is 50.9 Å². The molecule has 1 aliphatic heterocycles. The summed E-state index contributed by atoms with van der Waals surface area (Å²) in [5, 5.41) is 23.9. The van der Waals surface area contributed by atoms with Gasteiger partial charge < -0.3 is 25.7 Å². The van der Waals surface area contributed by atoms with E-state index in [1.54, 1.807) is 41.3 Å². The first-order valence-corrected chi connectivity index (χ1v) is 10.1. The van der Waals surface area contributed by atoms with Crippen LogP contribution in [0.1, 0.15) is 11.1 Å². The van der Waals surface area contributed by atoms with E-state index in [0.717, 1.165) is 16.0 Å². The second kappa shape index (κ2) is 10.6. The minimum Gasteiger partial charge on any atom is -0.465 e. The van der Waals surface area contributed by atoms with Crippen molar-refractivity contribution in [1.82, 2.24) is 15.1 Å². The molecule has 1 saturated heterocycles. The molecule has 2 aromatic rings. The Hall–Kier alpha value is -3.66. The Balaban J connectivity index is 1.47. The molecule has 1 fully saturated rings. The lowest BCUT2D eigenvalue weighted by Crippen LogP contribution is -2.57. The first-order chi connectivity index (χ1) is 15.4. The second-order valence-electron chi connectivity index (χ2n) is 7.46. The first kappa shape index (κ1) is 23.0. The fraction of sp³-hybridized carbons (Fsp3) is 0.318. The molecule has 1 aliphatic rings. The topological polar surface area (TPSA) is 122 Å². The summed E-state index contributed by atoms with van der Waals surface area (Å²) in [6.45, 7) is 0.482. The van der Waals surface area contributed by atoms with E-state index in [4.69, 9.17) is 5.11 Å². The zero-order valence-electron chi connectivity index (χ0n) is 17.3. The summed E-state index contributed by atoms with van der Waals surface area (Å²) in [4.78, 5) is 38.5. The maximum Gasteiger partial charge on any atom is 0.407 e. The average molecular weight is 444 g/mol. The zero-order valence-corrected chi connectivity index (χ0v) is 17.3. The van der Waals surface area contributed by atoms with Crippen LogP contribution in [0.25, 0.3) is 0 Å². The Kier molecular flexibility index (Phi) is 7.61. The van der Waals surface area contributed by atoms with Crippen LogP contribution in [-0.2, 0) is 17.8 Å². The fourth-order valence-corrected chi connectivity index (χ4v) is 3.44. The van der Waals surface area contributed by atoms with Crippen molar-refractivity contribution in [3.8, 4) is 0 Å². The monoisotopic (exact) mass is 444 g/mol. The number of anilines is 1. The molecule has 0 aliphatic carbocycles. The van der Waals surface area contributed by atoms with Crippen molar-refractivity contribution in [3.05, 3.63) is 65.5 Å². The van der Waals surface area contributed by atoms with Crippen molar-refractivity contribution in [2.75, 3.05) is 31.6 Å². The molecule has 0 bridgehead atoms. The zero-order chi connectivity index (χ0) is 23.1. The third-order valence-corrected chi connectivity index (χ3v) is 5.23. The quantitative estimate of drug-likeness (QED) is 0.542. The number of hydrogen-bond donors (Lipinski definition) is 4. The molecule has 32 heavy (non-hydrogen) atoms. The first-order valence-electron chi connectivity index (χ1n) is 10.1. The lowest BCUT2D eigenvalue weighted by molar-refractivity contribution is -0.133. The molecule has 1 heterocycles. The Bertz CT molecular complexity index is 952. The number of carbonyl (C=O) groups excluding carboxylic acids is 2. The van der Waals surface area contributed by atoms with Crippen LogP contribution in [0.5, 0.6) is 0 Å². The van der Waals surface area contributed by atoms with Gasteiger partial charge in [-0.05, 0) is 35.4 Å². The van der Waals surface area contributed by atoms with Gasteiger partial charge >= 0.3 is 12.1 Å². The van der Waals surface area contributed by atoms with Gasteiger partial charge in [-0.25, -0.2) is 14.0 Å². The molecule has 1 atom stereocenters. The SMILES string of the molecule is O=C(NCc1ccc(F)cc1)Nc1ccc(CC(=O)N2CCN(C(=O)O)[C@@H](CO)C2)cc1. The van der Waals surface area contributed by atoms with Gasteiger partial charge in [-0.15, -0.1) is 0 Å². The van der Waals surface area contributed by atoms with Crippen molar-refractivity contribution >= 4 is 23.7 Å². The van der Waals surface area contributed by atoms with Crippen molar-refractivity contribution in [3.63, 3.8) is 0 Å². The molecular formula is C22H25FN4O5. The van der Waals surface area contributed by atoms with Crippen LogP contribution < -0.4 is 10.6 Å². The smallest absolute Gasteiger partial charge is 0.407 e. The molecule has 2 aromatic carbocycles. The number of rotatable bonds is 6. The minimum absolute atomic E-state index is 0.127. The molecule has 9 nitrogen and oxygen atoms in total. The van der Waals surface area contributed by atoms with E-state index in [9.17, 15) is 23.9 Å². The van der Waals surface area contributed by atoms with Crippen molar-refractivity contribution < 1.29 is 29.0 Å². The third kappa shape index (κ3) is 6.17. The molecular weight excluding hydrogens is 419 g/mol. The number of nitrogens with zero attached hydrogens (tertiary/aromatic N) is 2. The Morgan fingerprint density at radius 3 is 2.28 bits per heavy atom. The van der Waals surface area contributed by atoms with E-state index >= 15 is 0 Å². The summed E-state index contributed by atoms with van der Waals surface area (Å²) >= 11 is 0. The highest BCUT2D eigenvalue weighted by Gasteiger charge is 2.31. The molecule has 3 rings (SSSR count). The second-order valence-corrected chi connectivity index (χ2v) is 7.46. The van der Waals surface area contributed by atoms with Crippen LogP contribution >= 0.6 is 0 Å². The van der Waals surface area contributed by atoms with E-state index in [1.807, 2.05) is 0 Å². The normalized spacial score (nSPS) is 15.9. The van der Waals surface area contributed by atoms with Crippen LogP contribution in [-0.4, -0.2) is 70.3 Å². The van der Waals surface area contributed by atoms with Gasteiger partial charge in [-0.3, -0.25) is 9.69 Å². The molecule has 170 valence electrons. The number of amides is 4. The van der Waals surface area contributed by atoms with Gasteiger partial charge in [-0.1, -0.05) is 24.3 Å². The highest BCUT2D eigenvalue weighted by atomic mass is 19.1. The molecule has 0 radical (unpaired) electrons. The van der Waals surface area contributed by atoms with Crippen LogP contribution in [0.4, 0.5) is 19.7 Å². The van der Waals surface area contributed by atoms with Crippen LogP contribution in [0.2, 0.25) is 0 Å². The minimum atomic E-state index is -1.11. The molecule has 0 aromatic heterocycles. The molecule has 0 unspecified atom stereocenters. The molecule has 4 amide bonds. The number of benzene rings is 2. The summed E-state index contributed by atoms with van der Waals surface area (Å²) in [5.41, 5.74) is 2.06. The average Bonchev–Trinajstić information content (AvgIpc) is 2.79. The van der Waals surface area contributed by atoms with Gasteiger partial charge in [0.25, 0.3) is 0 Å². The van der Waals surface area contributed by atoms with E-state index in [2.05, 4.69) is 10.6 Å². The third-order valence-electron chi connectivity index (χ3n) is 5.23. The van der Waals surface area contributed by atoms with Crippen molar-refractivity contribution in [2.24, 2.45) is 0 Å². The highest BCUT2D eigenvalue weighted by Crippen LogP contribution is 2.14. The summed E-state index contributed by atoms with van der Waals surface area (Å²) in [5.74, 6) is -0.501. The fourth-order valence-electron chi connectivity index (χ4n) is 3.44. The highest BCUT2D eigenvalue weighted by molar-refractivity contribution is 5.89. The maximum absolute atomic E-state index is 12.9. The van der Waals surface area contributed by atoms with E-state index < -0.39 is 18.2 Å². The summed E-state index contributed by atoms with van der Waals surface area (Å²) in [7, 11) is 0. The molecule has 0 spiro atoms. The van der Waals surface area contributed by atoms with Gasteiger partial charge in [0, 0.05) is 31.9 Å². The number of urea groups is 1. The van der Waals surface area contributed by atoms with Crippen LogP contribution in [0.3, 0.4) is 0 Å². The number of nitrogens with one attached hydrogen (secondary N) is 2. The summed E-state index contributed by atoms with van der Waals surface area (Å²) in [6.07, 6.45) is -0.983. The largest absolute Gasteiger partial charge is 0.465 e. The summed E-state index contributed by atoms with van der Waals surface area (Å²) in [6, 6.07) is 11.6. The Morgan fingerprint density at radius 1 is 1.00 bits per heavy atom. The standard InChI is InChI=1S/C22H25FN4O5/c23-17-5-1-16(2-6-17)12-24-21(30)25-18-7-3-15(4-8-18)11-20(29)26-9-10-27(22(31)32)19(13-26)14-28/h1-8,19,28H,9-14H2,(H,31,32)(H2,24,25,30)/t19-/m1/s1. The van der Waals surface area contributed by atoms with E-state index in [0.29, 0.717) is 5.69 Å². The molecule has 0 saturated carbocycles. The molecule has 4 N–H and O–H groups in total. The number of hydrogen-bond acceptors (Lipinski definition) is 4. The van der Waals surface area contributed by atoms with Crippen LogP contribution in [0, 0.1) is 5.82 Å². The predicted octanol–water partition coefficient (Wildman–Crippen LogP) is 1.87. The van der Waals surface area contributed by atoms with Gasteiger partial charge in [0.15, 0.2) is 0 Å². The lowest BCUT2D eigenvalue weighted by atomic mass is 10.1. The number of aliphatic hydroxyl groups excluding tert-OH is 1. The van der Waals surface area contributed by atoms with Gasteiger partial charge in [0.1, 0.15) is 5.82 Å². The van der Waals surface area contributed by atoms with Crippen molar-refractivity contribution in [1.29, 1.82) is 0 Å². The predicted molar refractivity (Wildman–Crippen MR) is 115 cm³/mol. The van der Waals surface area contributed by atoms with Gasteiger partial charge in [-0.2, -0.15) is 0 Å². The van der Waals surface area contributed by atoms with E-state index in [1.165, 1.54) is 12.1 Å². The number of carboxylic acid groups (broad SMARTS) is 1. The number of carbonyl (C=O) groups is 3. The maximum atomic E-state index is 12.9. The number of aliphatic hydroxyl groups is 1. The van der Waals surface area contributed by atoms with Crippen molar-refractivity contribution in [2.45, 2.75) is 19.0 Å². The molecule has 10 heteroatoms. The lowest BCUT2D eigenvalue weighted by Gasteiger charge is -2.39. The van der Waals surface area contributed by atoms with Gasteiger partial charge in [0.2, 0.25) is 5.91 Å². The Morgan fingerprint density at radius 2 is 1.66 bits per heavy atom.